The minimum atomic E-state index is -3.59. The van der Waals surface area contributed by atoms with E-state index in [9.17, 15) is 18.0 Å². The highest BCUT2D eigenvalue weighted by Gasteiger charge is 2.29. The molecule has 3 amide bonds. The highest BCUT2D eigenvalue weighted by atomic mass is 32.2. The molecule has 150 valence electrons. The lowest BCUT2D eigenvalue weighted by Gasteiger charge is -2.33. The second-order valence-corrected chi connectivity index (χ2v) is 7.93. The minimum Gasteiger partial charge on any atom is -0.494 e. The van der Waals surface area contributed by atoms with Gasteiger partial charge in [-0.1, -0.05) is 0 Å². The molecule has 0 aliphatic carbocycles. The summed E-state index contributed by atoms with van der Waals surface area (Å²) in [6.07, 6.45) is 0. The lowest BCUT2D eigenvalue weighted by atomic mass is 10.3. The second-order valence-electron chi connectivity index (χ2n) is 5.99. The third-order valence-corrected chi connectivity index (χ3v) is 5.97. The maximum absolute atomic E-state index is 12.7. The zero-order valence-corrected chi connectivity index (χ0v) is 16.4. The van der Waals surface area contributed by atoms with Gasteiger partial charge in [-0.2, -0.15) is 4.31 Å². The van der Waals surface area contributed by atoms with E-state index in [1.807, 2.05) is 11.8 Å². The van der Waals surface area contributed by atoms with E-state index in [4.69, 9.17) is 4.74 Å². The van der Waals surface area contributed by atoms with Crippen molar-refractivity contribution in [2.24, 2.45) is 0 Å². The molecule has 0 atom stereocenters. The Kier molecular flexibility index (Phi) is 7.57. The number of amides is 3. The number of nitrogens with zero attached hydrogens (tertiary/aromatic N) is 2. The van der Waals surface area contributed by atoms with Crippen LogP contribution in [-0.4, -0.2) is 75.4 Å². The van der Waals surface area contributed by atoms with E-state index in [2.05, 4.69) is 10.6 Å². The molecule has 1 aliphatic rings. The maximum atomic E-state index is 12.7. The van der Waals surface area contributed by atoms with Gasteiger partial charge in [-0.25, -0.2) is 13.2 Å². The van der Waals surface area contributed by atoms with Gasteiger partial charge >= 0.3 is 6.03 Å². The zero-order valence-electron chi connectivity index (χ0n) is 15.6. The monoisotopic (exact) mass is 398 g/mol. The molecule has 0 saturated carbocycles. The Morgan fingerprint density at radius 1 is 1.07 bits per heavy atom. The number of urea groups is 1. The van der Waals surface area contributed by atoms with Crippen molar-refractivity contribution < 1.29 is 22.7 Å². The van der Waals surface area contributed by atoms with Gasteiger partial charge in [0.2, 0.25) is 15.9 Å². The summed E-state index contributed by atoms with van der Waals surface area (Å²) in [5, 5.41) is 4.72. The number of rotatable bonds is 7. The van der Waals surface area contributed by atoms with Crippen LogP contribution < -0.4 is 15.4 Å². The van der Waals surface area contributed by atoms with Crippen LogP contribution in [0.5, 0.6) is 5.75 Å². The predicted molar refractivity (Wildman–Crippen MR) is 100 cm³/mol. The third kappa shape index (κ3) is 5.91. The van der Waals surface area contributed by atoms with Crippen LogP contribution in [0.15, 0.2) is 29.2 Å². The van der Waals surface area contributed by atoms with Gasteiger partial charge in [-0.3, -0.25) is 15.0 Å². The molecule has 1 saturated heterocycles. The Bertz CT molecular complexity index is 743. The highest BCUT2D eigenvalue weighted by molar-refractivity contribution is 7.89. The predicted octanol–water partition coefficient (Wildman–Crippen LogP) is 0.237. The van der Waals surface area contributed by atoms with Crippen molar-refractivity contribution in [1.29, 1.82) is 0 Å². The van der Waals surface area contributed by atoms with Crippen molar-refractivity contribution in [3.05, 3.63) is 24.3 Å². The first-order valence-corrected chi connectivity index (χ1v) is 10.3. The molecule has 0 unspecified atom stereocenters. The number of carbonyl (C=O) groups is 2. The van der Waals surface area contributed by atoms with Crippen LogP contribution >= 0.6 is 0 Å². The first kappa shape index (κ1) is 21.1. The summed E-state index contributed by atoms with van der Waals surface area (Å²) < 4.78 is 32.2. The molecule has 0 spiro atoms. The molecule has 2 N–H and O–H groups in total. The molecule has 1 aromatic rings. The van der Waals surface area contributed by atoms with Crippen LogP contribution in [0.1, 0.15) is 13.8 Å². The van der Waals surface area contributed by atoms with Crippen molar-refractivity contribution in [2.75, 3.05) is 45.9 Å². The summed E-state index contributed by atoms with van der Waals surface area (Å²) in [7, 11) is -3.59. The molecule has 1 heterocycles. The lowest BCUT2D eigenvalue weighted by Crippen LogP contribution is -2.52. The average Bonchev–Trinajstić information content (AvgIpc) is 2.63. The molecule has 9 nitrogen and oxygen atoms in total. The second kappa shape index (κ2) is 9.67. The van der Waals surface area contributed by atoms with E-state index in [-0.39, 0.29) is 24.5 Å². The summed E-state index contributed by atoms with van der Waals surface area (Å²) in [5.74, 6) is 0.211. The van der Waals surface area contributed by atoms with Gasteiger partial charge in [0.05, 0.1) is 18.0 Å². The number of sulfonamides is 1. The highest BCUT2D eigenvalue weighted by Crippen LogP contribution is 2.20. The summed E-state index contributed by atoms with van der Waals surface area (Å²) >= 11 is 0. The number of hydrogen-bond acceptors (Lipinski definition) is 6. The zero-order chi connectivity index (χ0) is 19.9. The smallest absolute Gasteiger partial charge is 0.321 e. The molecular formula is C17H26N4O5S. The number of ether oxygens (including phenoxy) is 1. The summed E-state index contributed by atoms with van der Waals surface area (Å²) in [6.45, 7) is 6.01. The van der Waals surface area contributed by atoms with Gasteiger partial charge in [-0.05, 0) is 38.1 Å². The molecule has 1 fully saturated rings. The van der Waals surface area contributed by atoms with Crippen molar-refractivity contribution in [2.45, 2.75) is 18.7 Å². The Hall–Kier alpha value is -2.17. The van der Waals surface area contributed by atoms with Gasteiger partial charge in [0, 0.05) is 32.7 Å². The Balaban J connectivity index is 1.88. The Morgan fingerprint density at radius 3 is 2.26 bits per heavy atom. The van der Waals surface area contributed by atoms with Crippen molar-refractivity contribution in [3.63, 3.8) is 0 Å². The first-order valence-electron chi connectivity index (χ1n) is 8.89. The van der Waals surface area contributed by atoms with Gasteiger partial charge in [0.1, 0.15) is 5.75 Å². The van der Waals surface area contributed by atoms with E-state index in [0.29, 0.717) is 32.0 Å². The summed E-state index contributed by atoms with van der Waals surface area (Å²) in [4.78, 5) is 25.2. The fourth-order valence-electron chi connectivity index (χ4n) is 2.73. The van der Waals surface area contributed by atoms with E-state index in [0.717, 1.165) is 0 Å². The molecular weight excluding hydrogens is 372 g/mol. The van der Waals surface area contributed by atoms with Crippen LogP contribution in [-0.2, 0) is 14.8 Å². The van der Waals surface area contributed by atoms with Crippen LogP contribution in [0.25, 0.3) is 0 Å². The van der Waals surface area contributed by atoms with Gasteiger partial charge in [0.25, 0.3) is 0 Å². The third-order valence-electron chi connectivity index (χ3n) is 4.06. The molecule has 2 rings (SSSR count). The van der Waals surface area contributed by atoms with Crippen molar-refractivity contribution in [3.8, 4) is 5.75 Å². The number of imide groups is 1. The Labute approximate surface area is 159 Å². The van der Waals surface area contributed by atoms with Gasteiger partial charge < -0.3 is 10.1 Å². The molecule has 1 aliphatic heterocycles. The van der Waals surface area contributed by atoms with Crippen molar-refractivity contribution in [1.82, 2.24) is 19.8 Å². The van der Waals surface area contributed by atoms with Gasteiger partial charge in [0.15, 0.2) is 0 Å². The molecule has 0 radical (unpaired) electrons. The van der Waals surface area contributed by atoms with E-state index < -0.39 is 22.0 Å². The molecule has 1 aromatic carbocycles. The van der Waals surface area contributed by atoms with Crippen LogP contribution in [0.4, 0.5) is 4.79 Å². The quantitative estimate of drug-likeness (QED) is 0.681. The normalized spacial score (nSPS) is 15.9. The van der Waals surface area contributed by atoms with E-state index in [1.165, 1.54) is 16.4 Å². The van der Waals surface area contributed by atoms with Crippen molar-refractivity contribution >= 4 is 22.0 Å². The SMILES string of the molecule is CCNC(=O)NC(=O)CN1CCN(S(=O)(=O)c2ccc(OCC)cc2)CC1. The standard InChI is InChI=1S/C17H26N4O5S/c1-3-18-17(23)19-16(22)13-20-9-11-21(12-10-20)27(24,25)15-7-5-14(6-8-15)26-4-2/h5-8H,3-4,9-13H2,1-2H3,(H2,18,19,22,23). The maximum Gasteiger partial charge on any atom is 0.321 e. The first-order chi connectivity index (χ1) is 12.9. The number of nitrogens with one attached hydrogen (secondary N) is 2. The topological polar surface area (TPSA) is 108 Å². The summed E-state index contributed by atoms with van der Waals surface area (Å²) in [6, 6.07) is 5.81. The van der Waals surface area contributed by atoms with Crippen LogP contribution in [0.2, 0.25) is 0 Å². The van der Waals surface area contributed by atoms with Crippen LogP contribution in [0, 0.1) is 0 Å². The molecule has 27 heavy (non-hydrogen) atoms. The summed E-state index contributed by atoms with van der Waals surface area (Å²) in [5.41, 5.74) is 0. The van der Waals surface area contributed by atoms with E-state index in [1.54, 1.807) is 19.1 Å². The van der Waals surface area contributed by atoms with Gasteiger partial charge in [-0.15, -0.1) is 0 Å². The Morgan fingerprint density at radius 2 is 1.70 bits per heavy atom. The minimum absolute atomic E-state index is 0.0497. The largest absolute Gasteiger partial charge is 0.494 e. The molecule has 10 heteroatoms. The number of hydrogen-bond donors (Lipinski definition) is 2. The number of piperazine rings is 1. The molecule has 0 bridgehead atoms. The number of carbonyl (C=O) groups excluding carboxylic acids is 2. The fraction of sp³-hybridized carbons (Fsp3) is 0.529. The lowest BCUT2D eigenvalue weighted by molar-refractivity contribution is -0.121. The fourth-order valence-corrected chi connectivity index (χ4v) is 4.15. The number of benzene rings is 1. The van der Waals surface area contributed by atoms with E-state index >= 15 is 0 Å². The van der Waals surface area contributed by atoms with Crippen LogP contribution in [0.3, 0.4) is 0 Å². The molecule has 0 aromatic heterocycles. The average molecular weight is 398 g/mol.